The number of ether oxygens (including phenoxy) is 1. The van der Waals surface area contributed by atoms with Gasteiger partial charge in [0.25, 0.3) is 5.91 Å². The molecule has 2 N–H and O–H groups in total. The van der Waals surface area contributed by atoms with Gasteiger partial charge in [-0.2, -0.15) is 0 Å². The van der Waals surface area contributed by atoms with Crippen molar-refractivity contribution in [1.29, 1.82) is 0 Å². The van der Waals surface area contributed by atoms with E-state index in [1.54, 1.807) is 0 Å². The Morgan fingerprint density at radius 1 is 1.07 bits per heavy atom. The van der Waals surface area contributed by atoms with Crippen molar-refractivity contribution in [2.24, 2.45) is 0 Å². The minimum atomic E-state index is -1.16. The standard InChI is InChI=1S/C21H22ClNO4/c22-16-8-11-19(18(12-16)21(25)26)23-20(24)13-27-17-9-6-15(7-10-17)14-4-2-1-3-5-14/h6-12,14H,1-5,13H2,(H,23,24)(H,25,26). The van der Waals surface area contributed by atoms with Gasteiger partial charge in [-0.15, -0.1) is 0 Å². The normalized spacial score (nSPS) is 14.6. The van der Waals surface area contributed by atoms with E-state index < -0.39 is 11.9 Å². The Bertz CT molecular complexity index is 813. The second kappa shape index (κ2) is 8.91. The summed E-state index contributed by atoms with van der Waals surface area (Å²) in [6, 6.07) is 12.2. The number of hydrogen-bond acceptors (Lipinski definition) is 3. The number of hydrogen-bond donors (Lipinski definition) is 2. The molecule has 0 spiro atoms. The molecule has 2 aromatic carbocycles. The second-order valence-corrected chi connectivity index (χ2v) is 7.17. The largest absolute Gasteiger partial charge is 0.484 e. The fraction of sp³-hybridized carbons (Fsp3) is 0.333. The van der Waals surface area contributed by atoms with E-state index in [4.69, 9.17) is 16.3 Å². The molecule has 1 fully saturated rings. The third kappa shape index (κ3) is 5.23. The number of rotatable bonds is 6. The number of carboxylic acid groups (broad SMARTS) is 1. The summed E-state index contributed by atoms with van der Waals surface area (Å²) in [6.45, 7) is -0.204. The Kier molecular flexibility index (Phi) is 6.35. The van der Waals surface area contributed by atoms with E-state index in [2.05, 4.69) is 17.4 Å². The highest BCUT2D eigenvalue weighted by atomic mass is 35.5. The molecule has 0 aliphatic heterocycles. The third-order valence-corrected chi connectivity index (χ3v) is 5.05. The lowest BCUT2D eigenvalue weighted by Gasteiger charge is -2.22. The lowest BCUT2D eigenvalue weighted by molar-refractivity contribution is -0.118. The number of anilines is 1. The molecular formula is C21H22ClNO4. The van der Waals surface area contributed by atoms with Crippen LogP contribution >= 0.6 is 11.6 Å². The molecule has 3 rings (SSSR count). The zero-order valence-corrected chi connectivity index (χ0v) is 15.7. The lowest BCUT2D eigenvalue weighted by Crippen LogP contribution is -2.21. The molecule has 5 nitrogen and oxygen atoms in total. The molecule has 2 aromatic rings. The predicted octanol–water partition coefficient (Wildman–Crippen LogP) is 5.10. The van der Waals surface area contributed by atoms with Gasteiger partial charge in [0.05, 0.1) is 11.3 Å². The quantitative estimate of drug-likeness (QED) is 0.722. The summed E-state index contributed by atoms with van der Waals surface area (Å²) in [5, 5.41) is 12.0. The van der Waals surface area contributed by atoms with Crippen LogP contribution in [0.2, 0.25) is 5.02 Å². The smallest absolute Gasteiger partial charge is 0.337 e. The Morgan fingerprint density at radius 3 is 2.44 bits per heavy atom. The van der Waals surface area contributed by atoms with Gasteiger partial charge >= 0.3 is 5.97 Å². The van der Waals surface area contributed by atoms with Crippen LogP contribution in [0, 0.1) is 0 Å². The topological polar surface area (TPSA) is 75.6 Å². The Hall–Kier alpha value is -2.53. The van der Waals surface area contributed by atoms with Gasteiger partial charge < -0.3 is 15.2 Å². The predicted molar refractivity (Wildman–Crippen MR) is 105 cm³/mol. The van der Waals surface area contributed by atoms with E-state index in [1.807, 2.05) is 12.1 Å². The maximum atomic E-state index is 12.1. The fourth-order valence-electron chi connectivity index (χ4n) is 3.41. The minimum absolute atomic E-state index is 0.0623. The second-order valence-electron chi connectivity index (χ2n) is 6.74. The van der Waals surface area contributed by atoms with Gasteiger partial charge in [-0.05, 0) is 54.7 Å². The number of carbonyl (C=O) groups excluding carboxylic acids is 1. The zero-order valence-electron chi connectivity index (χ0n) is 14.9. The molecule has 0 radical (unpaired) electrons. The molecule has 1 aliphatic carbocycles. The molecule has 0 saturated heterocycles. The van der Waals surface area contributed by atoms with Crippen LogP contribution in [0.1, 0.15) is 53.9 Å². The molecule has 142 valence electrons. The molecule has 27 heavy (non-hydrogen) atoms. The van der Waals surface area contributed by atoms with E-state index in [9.17, 15) is 14.7 Å². The van der Waals surface area contributed by atoms with Crippen LogP contribution in [-0.4, -0.2) is 23.6 Å². The van der Waals surface area contributed by atoms with Crippen molar-refractivity contribution in [3.05, 3.63) is 58.6 Å². The molecule has 0 atom stereocenters. The first-order valence-electron chi connectivity index (χ1n) is 9.08. The number of halogens is 1. The van der Waals surface area contributed by atoms with E-state index >= 15 is 0 Å². The van der Waals surface area contributed by atoms with E-state index in [1.165, 1.54) is 55.9 Å². The number of carbonyl (C=O) groups is 2. The van der Waals surface area contributed by atoms with Gasteiger partial charge in [-0.3, -0.25) is 4.79 Å². The minimum Gasteiger partial charge on any atom is -0.484 e. The molecule has 0 bridgehead atoms. The van der Waals surface area contributed by atoms with Gasteiger partial charge in [0.15, 0.2) is 6.61 Å². The van der Waals surface area contributed by atoms with Gasteiger partial charge in [0.2, 0.25) is 0 Å². The molecular weight excluding hydrogens is 366 g/mol. The fourth-order valence-corrected chi connectivity index (χ4v) is 3.58. The molecule has 1 saturated carbocycles. The zero-order chi connectivity index (χ0) is 19.2. The SMILES string of the molecule is O=C(COc1ccc(C2CCCCC2)cc1)Nc1ccc(Cl)cc1C(=O)O. The van der Waals surface area contributed by atoms with Crippen molar-refractivity contribution < 1.29 is 19.4 Å². The van der Waals surface area contributed by atoms with E-state index in [0.29, 0.717) is 16.7 Å². The summed E-state index contributed by atoms with van der Waals surface area (Å²) in [5.41, 5.74) is 1.44. The van der Waals surface area contributed by atoms with Gasteiger partial charge in [-0.25, -0.2) is 4.79 Å². The highest BCUT2D eigenvalue weighted by Crippen LogP contribution is 2.33. The van der Waals surface area contributed by atoms with E-state index in [0.717, 1.165) is 0 Å². The highest BCUT2D eigenvalue weighted by molar-refractivity contribution is 6.31. The number of benzene rings is 2. The molecule has 0 heterocycles. The molecule has 0 aromatic heterocycles. The van der Waals surface area contributed by atoms with Crippen molar-refractivity contribution in [3.8, 4) is 5.75 Å². The van der Waals surface area contributed by atoms with Crippen LogP contribution in [0.25, 0.3) is 0 Å². The maximum Gasteiger partial charge on any atom is 0.337 e. The summed E-state index contributed by atoms with van der Waals surface area (Å²) in [6.07, 6.45) is 6.35. The number of aromatic carboxylic acids is 1. The average molecular weight is 388 g/mol. The van der Waals surface area contributed by atoms with Crippen molar-refractivity contribution in [2.75, 3.05) is 11.9 Å². The molecule has 0 unspecified atom stereocenters. The van der Waals surface area contributed by atoms with Crippen molar-refractivity contribution >= 4 is 29.2 Å². The van der Waals surface area contributed by atoms with Crippen LogP contribution < -0.4 is 10.1 Å². The summed E-state index contributed by atoms with van der Waals surface area (Å²) in [4.78, 5) is 23.4. The summed E-state index contributed by atoms with van der Waals surface area (Å²) < 4.78 is 5.52. The van der Waals surface area contributed by atoms with Crippen LogP contribution in [-0.2, 0) is 4.79 Å². The van der Waals surface area contributed by atoms with Gasteiger partial charge in [-0.1, -0.05) is 43.0 Å². The summed E-state index contributed by atoms with van der Waals surface area (Å²) in [7, 11) is 0. The van der Waals surface area contributed by atoms with Gasteiger partial charge in [0, 0.05) is 5.02 Å². The Balaban J connectivity index is 1.55. The van der Waals surface area contributed by atoms with Crippen LogP contribution in [0.4, 0.5) is 5.69 Å². The first-order chi connectivity index (χ1) is 13.0. The molecule has 6 heteroatoms. The first kappa shape index (κ1) is 19.2. The molecule has 1 aliphatic rings. The number of carboxylic acids is 1. The Morgan fingerprint density at radius 2 is 1.78 bits per heavy atom. The Labute approximate surface area is 163 Å². The summed E-state index contributed by atoms with van der Waals surface area (Å²) >= 11 is 5.81. The number of nitrogens with one attached hydrogen (secondary N) is 1. The number of amides is 1. The third-order valence-electron chi connectivity index (χ3n) is 4.81. The monoisotopic (exact) mass is 387 g/mol. The van der Waals surface area contributed by atoms with E-state index in [-0.39, 0.29) is 17.9 Å². The van der Waals surface area contributed by atoms with Crippen molar-refractivity contribution in [1.82, 2.24) is 0 Å². The first-order valence-corrected chi connectivity index (χ1v) is 9.46. The highest BCUT2D eigenvalue weighted by Gasteiger charge is 2.16. The van der Waals surface area contributed by atoms with Gasteiger partial charge in [0.1, 0.15) is 5.75 Å². The van der Waals surface area contributed by atoms with Crippen LogP contribution in [0.3, 0.4) is 0 Å². The maximum absolute atomic E-state index is 12.1. The van der Waals surface area contributed by atoms with Crippen LogP contribution in [0.5, 0.6) is 5.75 Å². The van der Waals surface area contributed by atoms with Crippen molar-refractivity contribution in [3.63, 3.8) is 0 Å². The molecule has 1 amide bonds. The lowest BCUT2D eigenvalue weighted by atomic mass is 9.84. The summed E-state index contributed by atoms with van der Waals surface area (Å²) in [5.74, 6) is -0.363. The van der Waals surface area contributed by atoms with Crippen LogP contribution in [0.15, 0.2) is 42.5 Å². The van der Waals surface area contributed by atoms with Crippen molar-refractivity contribution in [2.45, 2.75) is 38.0 Å². The average Bonchev–Trinajstić information content (AvgIpc) is 2.69.